The van der Waals surface area contributed by atoms with E-state index < -0.39 is 5.91 Å². The summed E-state index contributed by atoms with van der Waals surface area (Å²) < 4.78 is 19.6. The molecule has 0 fully saturated rings. The molecule has 0 aliphatic heterocycles. The predicted molar refractivity (Wildman–Crippen MR) is 106 cm³/mol. The third-order valence-corrected chi connectivity index (χ3v) is 4.53. The molecule has 0 radical (unpaired) electrons. The molecular weight excluding hydrogens is 375 g/mol. The van der Waals surface area contributed by atoms with Crippen molar-refractivity contribution in [1.82, 2.24) is 19.7 Å². The van der Waals surface area contributed by atoms with Crippen molar-refractivity contribution in [3.8, 4) is 11.1 Å². The van der Waals surface area contributed by atoms with Gasteiger partial charge in [0.15, 0.2) is 11.2 Å². The van der Waals surface area contributed by atoms with Crippen molar-refractivity contribution in [3.63, 3.8) is 0 Å². The van der Waals surface area contributed by atoms with Crippen molar-refractivity contribution in [1.29, 1.82) is 0 Å². The highest BCUT2D eigenvalue weighted by molar-refractivity contribution is 6.14. The number of halogens is 1. The number of nitrogens with one attached hydrogen (secondary N) is 1. The molecule has 0 aliphatic carbocycles. The number of oxazole rings is 1. The van der Waals surface area contributed by atoms with Crippen LogP contribution in [0.4, 0.5) is 16.3 Å². The van der Waals surface area contributed by atoms with E-state index >= 15 is 0 Å². The van der Waals surface area contributed by atoms with Crippen LogP contribution in [0.5, 0.6) is 0 Å². The standard InChI is InChI=1S/C20H13FN6O2/c21-27-9-13(16-17(22)23-10-24-18(16)27)19(28)26-20-25-14-8-12(6-7-15(14)29-20)11-4-2-1-3-5-11/h1-10H,(H2,22,23,24)(H,25,26,28). The van der Waals surface area contributed by atoms with Gasteiger partial charge in [-0.15, -0.1) is 0 Å². The Morgan fingerprint density at radius 2 is 1.93 bits per heavy atom. The zero-order valence-corrected chi connectivity index (χ0v) is 14.8. The summed E-state index contributed by atoms with van der Waals surface area (Å²) in [7, 11) is 0. The van der Waals surface area contributed by atoms with E-state index in [4.69, 9.17) is 10.2 Å². The number of carbonyl (C=O) groups is 1. The number of amides is 1. The first-order valence-corrected chi connectivity index (χ1v) is 8.65. The van der Waals surface area contributed by atoms with Gasteiger partial charge in [-0.05, 0) is 23.3 Å². The Bertz CT molecular complexity index is 1380. The molecule has 0 saturated carbocycles. The SMILES string of the molecule is Nc1ncnc2c1c(C(=O)Nc1nc3cc(-c4ccccc4)ccc3o1)cn2F. The Kier molecular flexibility index (Phi) is 3.73. The maximum Gasteiger partial charge on any atom is 0.302 e. The summed E-state index contributed by atoms with van der Waals surface area (Å²) in [5.41, 5.74) is 8.77. The fraction of sp³-hybridized carbons (Fsp3) is 0. The van der Waals surface area contributed by atoms with Crippen LogP contribution < -0.4 is 11.1 Å². The molecule has 5 rings (SSSR count). The molecule has 3 N–H and O–H groups in total. The zero-order valence-electron chi connectivity index (χ0n) is 14.8. The minimum atomic E-state index is -0.636. The summed E-state index contributed by atoms with van der Waals surface area (Å²) in [6, 6.07) is 15.4. The first kappa shape index (κ1) is 16.9. The van der Waals surface area contributed by atoms with Crippen LogP contribution in [0.25, 0.3) is 33.3 Å². The van der Waals surface area contributed by atoms with E-state index in [9.17, 15) is 9.28 Å². The van der Waals surface area contributed by atoms with E-state index in [1.54, 1.807) is 6.07 Å². The average Bonchev–Trinajstić information content (AvgIpc) is 3.29. The lowest BCUT2D eigenvalue weighted by molar-refractivity contribution is 0.102. The van der Waals surface area contributed by atoms with Gasteiger partial charge in [0.25, 0.3) is 5.91 Å². The highest BCUT2D eigenvalue weighted by Crippen LogP contribution is 2.28. The second-order valence-electron chi connectivity index (χ2n) is 6.33. The maximum absolute atomic E-state index is 14.0. The van der Waals surface area contributed by atoms with Crippen LogP contribution >= 0.6 is 0 Å². The van der Waals surface area contributed by atoms with E-state index in [1.165, 1.54) is 0 Å². The number of hydrogen-bond donors (Lipinski definition) is 2. The van der Waals surface area contributed by atoms with Gasteiger partial charge in [0.2, 0.25) is 0 Å². The summed E-state index contributed by atoms with van der Waals surface area (Å²) in [4.78, 5) is 24.8. The van der Waals surface area contributed by atoms with Crippen molar-refractivity contribution in [2.75, 3.05) is 11.1 Å². The van der Waals surface area contributed by atoms with Gasteiger partial charge < -0.3 is 10.2 Å². The van der Waals surface area contributed by atoms with Gasteiger partial charge >= 0.3 is 6.01 Å². The molecule has 0 unspecified atom stereocenters. The van der Waals surface area contributed by atoms with Crippen LogP contribution in [0, 0.1) is 0 Å². The molecule has 0 aliphatic rings. The van der Waals surface area contributed by atoms with E-state index in [0.717, 1.165) is 23.7 Å². The third-order valence-electron chi connectivity index (χ3n) is 4.53. The van der Waals surface area contributed by atoms with Gasteiger partial charge in [-0.3, -0.25) is 10.1 Å². The number of nitrogens with zero attached hydrogens (tertiary/aromatic N) is 4. The Hall–Kier alpha value is -4.27. The lowest BCUT2D eigenvalue weighted by Gasteiger charge is -2.00. The van der Waals surface area contributed by atoms with Crippen molar-refractivity contribution in [2.24, 2.45) is 0 Å². The number of aromatic nitrogens is 4. The zero-order chi connectivity index (χ0) is 20.0. The van der Waals surface area contributed by atoms with E-state index in [0.29, 0.717) is 11.1 Å². The van der Waals surface area contributed by atoms with Crippen LogP contribution in [0.3, 0.4) is 0 Å². The Balaban J connectivity index is 1.49. The Morgan fingerprint density at radius 1 is 1.10 bits per heavy atom. The first-order chi connectivity index (χ1) is 14.1. The van der Waals surface area contributed by atoms with Crippen LogP contribution in [-0.2, 0) is 0 Å². The second kappa shape index (κ2) is 6.41. The van der Waals surface area contributed by atoms with Crippen molar-refractivity contribution in [2.45, 2.75) is 0 Å². The summed E-state index contributed by atoms with van der Waals surface area (Å²) in [6.45, 7) is 0. The first-order valence-electron chi connectivity index (χ1n) is 8.65. The highest BCUT2D eigenvalue weighted by Gasteiger charge is 2.21. The number of hydrogen-bond acceptors (Lipinski definition) is 6. The number of rotatable bonds is 3. The molecular formula is C20H13FN6O2. The van der Waals surface area contributed by atoms with Crippen LogP contribution in [0.2, 0.25) is 0 Å². The summed E-state index contributed by atoms with van der Waals surface area (Å²) in [5.74, 6) is -0.635. The average molecular weight is 388 g/mol. The molecule has 0 saturated heterocycles. The molecule has 142 valence electrons. The number of benzene rings is 2. The van der Waals surface area contributed by atoms with Crippen molar-refractivity contribution >= 4 is 39.9 Å². The number of fused-ring (bicyclic) bond motifs is 2. The normalized spacial score (nSPS) is 11.2. The number of anilines is 2. The van der Waals surface area contributed by atoms with Gasteiger partial charge in [-0.1, -0.05) is 40.9 Å². The van der Waals surface area contributed by atoms with Gasteiger partial charge in [-0.25, -0.2) is 9.97 Å². The number of nitrogens with two attached hydrogens (primary N) is 1. The summed E-state index contributed by atoms with van der Waals surface area (Å²) in [6.07, 6.45) is 2.11. The Morgan fingerprint density at radius 3 is 2.76 bits per heavy atom. The molecule has 9 heteroatoms. The van der Waals surface area contributed by atoms with Gasteiger partial charge in [0.05, 0.1) is 17.1 Å². The van der Waals surface area contributed by atoms with Crippen molar-refractivity contribution < 1.29 is 13.7 Å². The lowest BCUT2D eigenvalue weighted by Crippen LogP contribution is -2.12. The molecule has 2 aromatic carbocycles. The molecule has 29 heavy (non-hydrogen) atoms. The molecule has 5 aromatic rings. The largest absolute Gasteiger partial charge is 0.423 e. The van der Waals surface area contributed by atoms with Crippen LogP contribution in [0.1, 0.15) is 10.4 Å². The lowest BCUT2D eigenvalue weighted by atomic mass is 10.1. The molecule has 1 amide bonds. The smallest absolute Gasteiger partial charge is 0.302 e. The minimum absolute atomic E-state index is 0.00150. The quantitative estimate of drug-likeness (QED) is 0.486. The topological polar surface area (TPSA) is 112 Å². The Labute approximate surface area is 162 Å². The second-order valence-corrected chi connectivity index (χ2v) is 6.33. The molecule has 3 aromatic heterocycles. The molecule has 8 nitrogen and oxygen atoms in total. The van der Waals surface area contributed by atoms with E-state index in [-0.39, 0.29) is 33.2 Å². The minimum Gasteiger partial charge on any atom is -0.423 e. The predicted octanol–water partition coefficient (Wildman–Crippen LogP) is 3.81. The summed E-state index contributed by atoms with van der Waals surface area (Å²) >= 11 is 0. The van der Waals surface area contributed by atoms with Crippen LogP contribution in [-0.4, -0.2) is 25.6 Å². The molecule has 3 heterocycles. The maximum atomic E-state index is 14.0. The molecule has 0 spiro atoms. The van der Waals surface area contributed by atoms with Crippen LogP contribution in [0.15, 0.2) is 65.5 Å². The molecule has 0 atom stereocenters. The molecule has 0 bridgehead atoms. The van der Waals surface area contributed by atoms with E-state index in [1.807, 2.05) is 42.5 Å². The highest BCUT2D eigenvalue weighted by atomic mass is 19.2. The number of carbonyl (C=O) groups excluding carboxylic acids is 1. The third kappa shape index (κ3) is 2.85. The summed E-state index contributed by atoms with van der Waals surface area (Å²) in [5, 5.41) is 2.65. The fourth-order valence-corrected chi connectivity index (χ4v) is 3.18. The van der Waals surface area contributed by atoms with Crippen molar-refractivity contribution in [3.05, 3.63) is 66.6 Å². The van der Waals surface area contributed by atoms with Gasteiger partial charge in [-0.2, -0.15) is 9.77 Å². The number of nitrogen functional groups attached to an aromatic ring is 1. The monoisotopic (exact) mass is 388 g/mol. The van der Waals surface area contributed by atoms with Gasteiger partial charge in [0, 0.05) is 0 Å². The fourth-order valence-electron chi connectivity index (χ4n) is 3.18. The van der Waals surface area contributed by atoms with Gasteiger partial charge in [0.1, 0.15) is 17.7 Å². The van der Waals surface area contributed by atoms with E-state index in [2.05, 4.69) is 20.3 Å².